The third kappa shape index (κ3) is 7.00. The van der Waals surface area contributed by atoms with Gasteiger partial charge in [-0.1, -0.05) is 57.7 Å². The van der Waals surface area contributed by atoms with Crippen LogP contribution >= 0.6 is 11.8 Å². The first kappa shape index (κ1) is 16.5. The first-order valence-corrected chi connectivity index (χ1v) is 8.42. The minimum atomic E-state index is 0.409. The molecule has 1 aromatic rings. The molecule has 3 N–H and O–H groups in total. The number of hydrazine groups is 1. The van der Waals surface area contributed by atoms with E-state index in [-0.39, 0.29) is 0 Å². The van der Waals surface area contributed by atoms with Gasteiger partial charge in [0.2, 0.25) is 0 Å². The number of rotatable bonds is 10. The van der Waals surface area contributed by atoms with E-state index in [1.165, 1.54) is 37.0 Å². The Labute approximate surface area is 122 Å². The Balaban J connectivity index is 2.35. The van der Waals surface area contributed by atoms with Gasteiger partial charge in [-0.3, -0.25) is 11.3 Å². The molecule has 19 heavy (non-hydrogen) atoms. The van der Waals surface area contributed by atoms with E-state index in [1.54, 1.807) is 0 Å². The van der Waals surface area contributed by atoms with Gasteiger partial charge < -0.3 is 0 Å². The van der Waals surface area contributed by atoms with Crippen LogP contribution in [-0.2, 0) is 0 Å². The average Bonchev–Trinajstić information content (AvgIpc) is 2.47. The molecule has 0 bridgehead atoms. The summed E-state index contributed by atoms with van der Waals surface area (Å²) in [5.41, 5.74) is 2.99. The summed E-state index contributed by atoms with van der Waals surface area (Å²) in [7, 11) is 0. The van der Waals surface area contributed by atoms with Gasteiger partial charge in [0.1, 0.15) is 0 Å². The van der Waals surface area contributed by atoms with E-state index in [0.29, 0.717) is 6.04 Å². The molecule has 0 amide bonds. The highest BCUT2D eigenvalue weighted by Gasteiger charge is 2.14. The Morgan fingerprint density at radius 1 is 1.21 bits per heavy atom. The molecule has 0 aliphatic heterocycles. The SMILES string of the molecule is CCCCC(CC)CC(CSc1ccccc1)NN. The van der Waals surface area contributed by atoms with Crippen molar-refractivity contribution in [3.63, 3.8) is 0 Å². The molecule has 2 unspecified atom stereocenters. The summed E-state index contributed by atoms with van der Waals surface area (Å²) in [4.78, 5) is 1.32. The highest BCUT2D eigenvalue weighted by Crippen LogP contribution is 2.23. The van der Waals surface area contributed by atoms with Gasteiger partial charge in [0, 0.05) is 16.7 Å². The maximum atomic E-state index is 5.71. The predicted octanol–water partition coefficient (Wildman–Crippen LogP) is 4.22. The van der Waals surface area contributed by atoms with Gasteiger partial charge in [-0.25, -0.2) is 0 Å². The third-order valence-electron chi connectivity index (χ3n) is 3.59. The summed E-state index contributed by atoms with van der Waals surface area (Å²) < 4.78 is 0. The van der Waals surface area contributed by atoms with Crippen molar-refractivity contribution in [1.82, 2.24) is 5.43 Å². The molecule has 1 aromatic carbocycles. The highest BCUT2D eigenvalue weighted by atomic mass is 32.2. The van der Waals surface area contributed by atoms with E-state index in [4.69, 9.17) is 5.84 Å². The van der Waals surface area contributed by atoms with Crippen LogP contribution in [0.2, 0.25) is 0 Å². The zero-order chi connectivity index (χ0) is 13.9. The lowest BCUT2D eigenvalue weighted by molar-refractivity contribution is 0.367. The quantitative estimate of drug-likeness (QED) is 0.383. The number of hydrogen-bond donors (Lipinski definition) is 2. The van der Waals surface area contributed by atoms with E-state index in [2.05, 4.69) is 49.6 Å². The topological polar surface area (TPSA) is 38.0 Å². The Hall–Kier alpha value is -0.510. The van der Waals surface area contributed by atoms with Gasteiger partial charge >= 0.3 is 0 Å². The third-order valence-corrected chi connectivity index (χ3v) is 4.77. The summed E-state index contributed by atoms with van der Waals surface area (Å²) in [6.07, 6.45) is 6.40. The number of nitrogens with two attached hydrogens (primary N) is 1. The molecule has 108 valence electrons. The van der Waals surface area contributed by atoms with Crippen molar-refractivity contribution in [3.05, 3.63) is 30.3 Å². The van der Waals surface area contributed by atoms with E-state index in [0.717, 1.165) is 11.7 Å². The predicted molar refractivity (Wildman–Crippen MR) is 86.2 cm³/mol. The number of unbranched alkanes of at least 4 members (excludes halogenated alkanes) is 1. The second kappa shape index (κ2) is 10.3. The first-order valence-electron chi connectivity index (χ1n) is 7.44. The zero-order valence-electron chi connectivity index (χ0n) is 12.3. The molecule has 0 heterocycles. The fourth-order valence-corrected chi connectivity index (χ4v) is 3.26. The summed E-state index contributed by atoms with van der Waals surface area (Å²) in [5.74, 6) is 7.55. The van der Waals surface area contributed by atoms with Gasteiger partial charge in [0.15, 0.2) is 0 Å². The van der Waals surface area contributed by atoms with Crippen molar-refractivity contribution in [2.24, 2.45) is 11.8 Å². The van der Waals surface area contributed by atoms with E-state index in [9.17, 15) is 0 Å². The van der Waals surface area contributed by atoms with E-state index < -0.39 is 0 Å². The molecule has 0 spiro atoms. The Bertz CT molecular complexity index is 316. The van der Waals surface area contributed by atoms with Gasteiger partial charge in [0.25, 0.3) is 0 Å². The number of benzene rings is 1. The molecule has 3 heteroatoms. The molecule has 0 saturated heterocycles. The van der Waals surface area contributed by atoms with Crippen LogP contribution in [-0.4, -0.2) is 11.8 Å². The summed E-state index contributed by atoms with van der Waals surface area (Å²) in [6.45, 7) is 4.55. The van der Waals surface area contributed by atoms with Crippen LogP contribution in [0.1, 0.15) is 46.0 Å². The second-order valence-electron chi connectivity index (χ2n) is 5.14. The number of thioether (sulfide) groups is 1. The van der Waals surface area contributed by atoms with E-state index in [1.807, 2.05) is 11.8 Å². The van der Waals surface area contributed by atoms with Crippen LogP contribution < -0.4 is 11.3 Å². The van der Waals surface area contributed by atoms with E-state index >= 15 is 0 Å². The molecule has 0 saturated carbocycles. The van der Waals surface area contributed by atoms with Crippen molar-refractivity contribution in [2.75, 3.05) is 5.75 Å². The highest BCUT2D eigenvalue weighted by molar-refractivity contribution is 7.99. The monoisotopic (exact) mass is 280 g/mol. The van der Waals surface area contributed by atoms with Gasteiger partial charge in [0.05, 0.1) is 0 Å². The molecule has 0 aliphatic carbocycles. The van der Waals surface area contributed by atoms with Crippen LogP contribution in [0.3, 0.4) is 0 Å². The molecule has 2 nitrogen and oxygen atoms in total. The molecule has 0 fully saturated rings. The van der Waals surface area contributed by atoms with Gasteiger partial charge in [-0.2, -0.15) is 0 Å². The smallest absolute Gasteiger partial charge is 0.0307 e. The Morgan fingerprint density at radius 2 is 1.95 bits per heavy atom. The van der Waals surface area contributed by atoms with Crippen molar-refractivity contribution >= 4 is 11.8 Å². The normalized spacial score (nSPS) is 14.3. The minimum absolute atomic E-state index is 0.409. The summed E-state index contributed by atoms with van der Waals surface area (Å²) in [5, 5.41) is 0. The lowest BCUT2D eigenvalue weighted by Gasteiger charge is -2.22. The lowest BCUT2D eigenvalue weighted by Crippen LogP contribution is -2.38. The minimum Gasteiger partial charge on any atom is -0.271 e. The number of hydrogen-bond acceptors (Lipinski definition) is 3. The largest absolute Gasteiger partial charge is 0.271 e. The fourth-order valence-electron chi connectivity index (χ4n) is 2.28. The molecule has 0 aromatic heterocycles. The van der Waals surface area contributed by atoms with Crippen molar-refractivity contribution < 1.29 is 0 Å². The van der Waals surface area contributed by atoms with Crippen molar-refractivity contribution in [2.45, 2.75) is 56.9 Å². The molecular weight excluding hydrogens is 252 g/mol. The molecule has 2 atom stereocenters. The van der Waals surface area contributed by atoms with Crippen molar-refractivity contribution in [3.8, 4) is 0 Å². The van der Waals surface area contributed by atoms with Crippen LogP contribution in [0.5, 0.6) is 0 Å². The summed E-state index contributed by atoms with van der Waals surface area (Å²) >= 11 is 1.89. The maximum Gasteiger partial charge on any atom is 0.0307 e. The summed E-state index contributed by atoms with van der Waals surface area (Å²) in [6, 6.07) is 11.0. The Kier molecular flexibility index (Phi) is 8.97. The zero-order valence-corrected chi connectivity index (χ0v) is 13.1. The lowest BCUT2D eigenvalue weighted by atomic mass is 9.93. The molecule has 1 rings (SSSR count). The first-order chi connectivity index (χ1) is 9.30. The Morgan fingerprint density at radius 3 is 2.53 bits per heavy atom. The van der Waals surface area contributed by atoms with Crippen LogP contribution in [0.25, 0.3) is 0 Å². The maximum absolute atomic E-state index is 5.71. The standard InChI is InChI=1S/C16H28N2S/c1-3-5-9-14(4-2)12-15(18-17)13-19-16-10-7-6-8-11-16/h6-8,10-11,14-15,18H,3-5,9,12-13,17H2,1-2H3. The van der Waals surface area contributed by atoms with Crippen LogP contribution in [0.15, 0.2) is 35.2 Å². The fraction of sp³-hybridized carbons (Fsp3) is 0.625. The average molecular weight is 280 g/mol. The van der Waals surface area contributed by atoms with Crippen molar-refractivity contribution in [1.29, 1.82) is 0 Å². The molecule has 0 radical (unpaired) electrons. The van der Waals surface area contributed by atoms with Gasteiger partial charge in [-0.15, -0.1) is 11.8 Å². The molecular formula is C16H28N2S. The molecule has 0 aliphatic rings. The second-order valence-corrected chi connectivity index (χ2v) is 6.23. The number of nitrogens with one attached hydrogen (secondary N) is 1. The van der Waals surface area contributed by atoms with Crippen LogP contribution in [0.4, 0.5) is 0 Å². The van der Waals surface area contributed by atoms with Crippen LogP contribution in [0, 0.1) is 5.92 Å². The van der Waals surface area contributed by atoms with Gasteiger partial charge in [-0.05, 0) is 24.5 Å².